The predicted molar refractivity (Wildman–Crippen MR) is 93.7 cm³/mol. The lowest BCUT2D eigenvalue weighted by atomic mass is 10.2. The van der Waals surface area contributed by atoms with E-state index in [1.165, 1.54) is 7.05 Å². The van der Waals surface area contributed by atoms with Crippen LogP contribution in [0.4, 0.5) is 42.8 Å². The largest absolute Gasteiger partial charge is 0.468 e. The Morgan fingerprint density at radius 1 is 0.967 bits per heavy atom. The van der Waals surface area contributed by atoms with Crippen LogP contribution in [0.3, 0.4) is 0 Å². The Balaban J connectivity index is 2.20. The first-order valence-corrected chi connectivity index (χ1v) is 8.22. The van der Waals surface area contributed by atoms with Gasteiger partial charge >= 0.3 is 18.4 Å². The molecule has 0 aliphatic carbocycles. The van der Waals surface area contributed by atoms with E-state index in [9.17, 15) is 31.1 Å². The van der Waals surface area contributed by atoms with E-state index in [0.717, 1.165) is 10.5 Å². The highest BCUT2D eigenvalue weighted by molar-refractivity contribution is 6.00. The van der Waals surface area contributed by atoms with Crippen LogP contribution >= 0.6 is 0 Å². The van der Waals surface area contributed by atoms with Crippen LogP contribution in [-0.4, -0.2) is 48.6 Å². The van der Waals surface area contributed by atoms with E-state index in [0.29, 0.717) is 11.8 Å². The standard InChI is InChI=1S/C17H16F6N4O3/c1-10-3-5-11(6-4-10)27(2)15(28)26-14-24-12(29-8-16(18,19)20)7-13(25-14)30-9-17(21,22)23/h3-7H,8-9H2,1-2H3,(H,24,25,26,28). The lowest BCUT2D eigenvalue weighted by Crippen LogP contribution is -2.32. The third-order valence-electron chi connectivity index (χ3n) is 3.39. The summed E-state index contributed by atoms with van der Waals surface area (Å²) in [5, 5.41) is 2.17. The highest BCUT2D eigenvalue weighted by atomic mass is 19.4. The van der Waals surface area contributed by atoms with Crippen molar-refractivity contribution in [1.29, 1.82) is 0 Å². The van der Waals surface area contributed by atoms with Gasteiger partial charge in [0.15, 0.2) is 13.2 Å². The molecule has 0 aliphatic heterocycles. The van der Waals surface area contributed by atoms with Crippen LogP contribution in [0.25, 0.3) is 0 Å². The molecule has 0 radical (unpaired) electrons. The predicted octanol–water partition coefficient (Wildman–Crippen LogP) is 4.34. The third kappa shape index (κ3) is 7.64. The Labute approximate surface area is 166 Å². The molecule has 2 aromatic rings. The summed E-state index contributed by atoms with van der Waals surface area (Å²) in [5.41, 5.74) is 1.41. The summed E-state index contributed by atoms with van der Waals surface area (Å²) in [7, 11) is 1.39. The van der Waals surface area contributed by atoms with Crippen molar-refractivity contribution in [3.63, 3.8) is 0 Å². The van der Waals surface area contributed by atoms with Crippen molar-refractivity contribution in [2.75, 3.05) is 30.5 Å². The van der Waals surface area contributed by atoms with Crippen molar-refractivity contribution in [2.24, 2.45) is 0 Å². The molecule has 1 aromatic carbocycles. The van der Waals surface area contributed by atoms with E-state index >= 15 is 0 Å². The lowest BCUT2D eigenvalue weighted by molar-refractivity contribution is -0.154. The minimum atomic E-state index is -4.72. The first-order valence-electron chi connectivity index (χ1n) is 8.22. The van der Waals surface area contributed by atoms with Crippen molar-refractivity contribution in [2.45, 2.75) is 19.3 Å². The molecule has 0 fully saturated rings. The van der Waals surface area contributed by atoms with Crippen molar-refractivity contribution in [3.8, 4) is 11.8 Å². The number of benzene rings is 1. The third-order valence-corrected chi connectivity index (χ3v) is 3.39. The molecule has 0 saturated carbocycles. The Bertz CT molecular complexity index is 835. The minimum absolute atomic E-state index is 0.469. The number of nitrogens with one attached hydrogen (secondary N) is 1. The van der Waals surface area contributed by atoms with Gasteiger partial charge in [-0.1, -0.05) is 17.7 Å². The molecule has 0 unspecified atom stereocenters. The van der Waals surface area contributed by atoms with E-state index in [4.69, 9.17) is 0 Å². The molecule has 13 heteroatoms. The number of aromatic nitrogens is 2. The maximum atomic E-state index is 12.4. The van der Waals surface area contributed by atoms with Gasteiger partial charge < -0.3 is 9.47 Å². The quantitative estimate of drug-likeness (QED) is 0.680. The second kappa shape index (κ2) is 9.05. The maximum Gasteiger partial charge on any atom is 0.422 e. The Kier molecular flexibility index (Phi) is 6.95. The monoisotopic (exact) mass is 438 g/mol. The number of ether oxygens (including phenoxy) is 2. The number of hydrogen-bond acceptors (Lipinski definition) is 5. The first kappa shape index (κ1) is 23.0. The normalized spacial score (nSPS) is 11.7. The van der Waals surface area contributed by atoms with Crippen molar-refractivity contribution in [1.82, 2.24) is 9.97 Å². The van der Waals surface area contributed by atoms with Crippen LogP contribution in [0.1, 0.15) is 5.56 Å². The lowest BCUT2D eigenvalue weighted by Gasteiger charge is -2.18. The van der Waals surface area contributed by atoms with E-state index in [2.05, 4.69) is 24.8 Å². The van der Waals surface area contributed by atoms with Gasteiger partial charge in [-0.15, -0.1) is 0 Å². The highest BCUT2D eigenvalue weighted by Crippen LogP contribution is 2.24. The highest BCUT2D eigenvalue weighted by Gasteiger charge is 2.30. The number of aryl methyl sites for hydroxylation is 1. The first-order chi connectivity index (χ1) is 13.8. The molecule has 0 spiro atoms. The van der Waals surface area contributed by atoms with Gasteiger partial charge in [0.05, 0.1) is 6.07 Å². The number of carbonyl (C=O) groups is 1. The molecular formula is C17H16F6N4O3. The average Bonchev–Trinajstić information content (AvgIpc) is 2.63. The molecule has 1 N–H and O–H groups in total. The van der Waals surface area contributed by atoms with Crippen LogP contribution in [0, 0.1) is 6.92 Å². The molecule has 1 aromatic heterocycles. The molecule has 0 atom stereocenters. The SMILES string of the molecule is Cc1ccc(N(C)C(=O)Nc2nc(OCC(F)(F)F)cc(OCC(F)(F)F)n2)cc1. The van der Waals surface area contributed by atoms with E-state index < -0.39 is 49.3 Å². The van der Waals surface area contributed by atoms with Gasteiger partial charge in [0.25, 0.3) is 0 Å². The fraction of sp³-hybridized carbons (Fsp3) is 0.353. The summed E-state index contributed by atoms with van der Waals surface area (Å²) < 4.78 is 83.0. The van der Waals surface area contributed by atoms with Crippen molar-refractivity contribution in [3.05, 3.63) is 35.9 Å². The fourth-order valence-electron chi connectivity index (χ4n) is 1.98. The number of urea groups is 1. The van der Waals surface area contributed by atoms with Crippen molar-refractivity contribution < 1.29 is 40.6 Å². The number of rotatable bonds is 6. The molecule has 2 rings (SSSR count). The zero-order chi connectivity index (χ0) is 22.5. The number of anilines is 2. The Hall–Kier alpha value is -3.25. The minimum Gasteiger partial charge on any atom is -0.468 e. The molecule has 164 valence electrons. The van der Waals surface area contributed by atoms with Gasteiger partial charge in [0.2, 0.25) is 17.7 Å². The van der Waals surface area contributed by atoms with Crippen LogP contribution < -0.4 is 19.7 Å². The summed E-state index contributed by atoms with van der Waals surface area (Å²) in [6.45, 7) is -1.66. The second-order valence-corrected chi connectivity index (χ2v) is 6.00. The summed E-state index contributed by atoms with van der Waals surface area (Å²) in [4.78, 5) is 20.6. The van der Waals surface area contributed by atoms with Crippen LogP contribution in [0.15, 0.2) is 30.3 Å². The average molecular weight is 438 g/mol. The van der Waals surface area contributed by atoms with Crippen LogP contribution in [0.5, 0.6) is 11.8 Å². The molecule has 2 amide bonds. The van der Waals surface area contributed by atoms with Gasteiger partial charge in [0.1, 0.15) is 0 Å². The second-order valence-electron chi connectivity index (χ2n) is 6.00. The number of hydrogen-bond donors (Lipinski definition) is 1. The molecule has 1 heterocycles. The number of nitrogens with zero attached hydrogens (tertiary/aromatic N) is 3. The maximum absolute atomic E-state index is 12.4. The zero-order valence-corrected chi connectivity index (χ0v) is 15.6. The zero-order valence-electron chi connectivity index (χ0n) is 15.6. The Morgan fingerprint density at radius 3 is 1.87 bits per heavy atom. The molecule has 0 aliphatic rings. The topological polar surface area (TPSA) is 76.6 Å². The molecule has 7 nitrogen and oxygen atoms in total. The van der Waals surface area contributed by atoms with E-state index in [1.807, 2.05) is 6.92 Å². The summed E-state index contributed by atoms with van der Waals surface area (Å²) in [6.07, 6.45) is -9.43. The molecule has 0 bridgehead atoms. The summed E-state index contributed by atoms with van der Waals surface area (Å²) >= 11 is 0. The number of carbonyl (C=O) groups excluding carboxylic acids is 1. The van der Waals surface area contributed by atoms with E-state index in [1.54, 1.807) is 24.3 Å². The van der Waals surface area contributed by atoms with Gasteiger partial charge in [-0.25, -0.2) is 4.79 Å². The Morgan fingerprint density at radius 2 is 1.43 bits per heavy atom. The number of halogens is 6. The summed E-state index contributed by atoms with van der Waals surface area (Å²) in [5.74, 6) is -2.06. The van der Waals surface area contributed by atoms with Crippen LogP contribution in [0.2, 0.25) is 0 Å². The van der Waals surface area contributed by atoms with E-state index in [-0.39, 0.29) is 0 Å². The smallest absolute Gasteiger partial charge is 0.422 e. The van der Waals surface area contributed by atoms with Crippen molar-refractivity contribution >= 4 is 17.7 Å². The van der Waals surface area contributed by atoms with Gasteiger partial charge in [-0.2, -0.15) is 36.3 Å². The van der Waals surface area contributed by atoms with Crippen LogP contribution in [-0.2, 0) is 0 Å². The molecule has 30 heavy (non-hydrogen) atoms. The summed E-state index contributed by atoms with van der Waals surface area (Å²) in [6, 6.07) is 6.60. The van der Waals surface area contributed by atoms with Gasteiger partial charge in [0, 0.05) is 12.7 Å². The number of alkyl halides is 6. The molecule has 0 saturated heterocycles. The van der Waals surface area contributed by atoms with Gasteiger partial charge in [-0.05, 0) is 19.1 Å². The van der Waals surface area contributed by atoms with Gasteiger partial charge in [-0.3, -0.25) is 10.2 Å². The fourth-order valence-corrected chi connectivity index (χ4v) is 1.98. The number of amides is 2. The molecular weight excluding hydrogens is 422 g/mol.